The van der Waals surface area contributed by atoms with Gasteiger partial charge in [0.1, 0.15) is 0 Å². The van der Waals surface area contributed by atoms with E-state index in [1.165, 1.54) is 11.8 Å². The van der Waals surface area contributed by atoms with Crippen molar-refractivity contribution in [2.45, 2.75) is 31.3 Å². The number of aliphatic carboxylic acids is 1. The molecule has 0 fully saturated rings. The van der Waals surface area contributed by atoms with Crippen molar-refractivity contribution in [3.63, 3.8) is 0 Å². The molecule has 0 aromatic carbocycles. The van der Waals surface area contributed by atoms with Gasteiger partial charge in [-0.2, -0.15) is 11.3 Å². The molecule has 2 aromatic rings. The van der Waals surface area contributed by atoms with Crippen molar-refractivity contribution >= 4 is 29.1 Å². The summed E-state index contributed by atoms with van der Waals surface area (Å²) in [5.41, 5.74) is 2.08. The van der Waals surface area contributed by atoms with Crippen molar-refractivity contribution in [1.29, 1.82) is 0 Å². The van der Waals surface area contributed by atoms with Crippen LogP contribution in [0.15, 0.2) is 28.2 Å². The molecule has 102 valence electrons. The highest BCUT2D eigenvalue weighted by atomic mass is 32.2. The Kier molecular flexibility index (Phi) is 4.01. The molecule has 0 amide bonds. The average Bonchev–Trinajstić information content (AvgIpc) is 2.93. The molecule has 0 saturated carbocycles. The molecule has 0 bridgehead atoms. The van der Waals surface area contributed by atoms with E-state index >= 15 is 0 Å². The maximum atomic E-state index is 10.7. The molecule has 0 aliphatic heterocycles. The van der Waals surface area contributed by atoms with E-state index in [0.29, 0.717) is 0 Å². The number of imidazole rings is 1. The Hall–Kier alpha value is -1.27. The van der Waals surface area contributed by atoms with Gasteiger partial charge in [0.2, 0.25) is 0 Å². The second-order valence-corrected chi connectivity index (χ2v) is 6.90. The van der Waals surface area contributed by atoms with Crippen molar-refractivity contribution in [2.24, 2.45) is 0 Å². The fraction of sp³-hybridized carbons (Fsp3) is 0.385. The molecular formula is C13H16N2O2S2. The molecule has 0 unspecified atom stereocenters. The van der Waals surface area contributed by atoms with Crippen LogP contribution >= 0.6 is 23.1 Å². The molecule has 2 aromatic heterocycles. The number of thiophene rings is 1. The Morgan fingerprint density at radius 1 is 1.53 bits per heavy atom. The lowest BCUT2D eigenvalue weighted by Gasteiger charge is -2.21. The van der Waals surface area contributed by atoms with E-state index in [2.05, 4.69) is 25.8 Å². The van der Waals surface area contributed by atoms with E-state index in [1.54, 1.807) is 11.3 Å². The summed E-state index contributed by atoms with van der Waals surface area (Å²) in [6.45, 7) is 6.37. The van der Waals surface area contributed by atoms with Crippen LogP contribution in [-0.4, -0.2) is 26.4 Å². The van der Waals surface area contributed by atoms with Crippen LogP contribution in [0.3, 0.4) is 0 Å². The molecule has 6 heteroatoms. The summed E-state index contributed by atoms with van der Waals surface area (Å²) < 4.78 is 2.05. The van der Waals surface area contributed by atoms with Crippen molar-refractivity contribution in [1.82, 2.24) is 9.55 Å². The van der Waals surface area contributed by atoms with Crippen LogP contribution in [0.2, 0.25) is 0 Å². The second kappa shape index (κ2) is 5.38. The van der Waals surface area contributed by atoms with Gasteiger partial charge in [-0.3, -0.25) is 9.36 Å². The van der Waals surface area contributed by atoms with E-state index in [0.717, 1.165) is 16.5 Å². The number of aromatic nitrogens is 2. The summed E-state index contributed by atoms with van der Waals surface area (Å²) >= 11 is 2.86. The Labute approximate surface area is 120 Å². The van der Waals surface area contributed by atoms with Crippen molar-refractivity contribution < 1.29 is 9.90 Å². The van der Waals surface area contributed by atoms with Crippen molar-refractivity contribution in [2.75, 3.05) is 5.75 Å². The predicted molar refractivity (Wildman–Crippen MR) is 78.5 cm³/mol. The fourth-order valence-corrected chi connectivity index (χ4v) is 3.06. The Morgan fingerprint density at radius 3 is 2.79 bits per heavy atom. The number of hydrogen-bond acceptors (Lipinski definition) is 4. The lowest BCUT2D eigenvalue weighted by molar-refractivity contribution is -0.133. The lowest BCUT2D eigenvalue weighted by atomic mass is 9.92. The number of nitrogens with zero attached hydrogens (tertiary/aromatic N) is 2. The largest absolute Gasteiger partial charge is 0.481 e. The van der Waals surface area contributed by atoms with E-state index in [9.17, 15) is 4.79 Å². The van der Waals surface area contributed by atoms with E-state index in [-0.39, 0.29) is 11.2 Å². The molecule has 2 heterocycles. The Bertz CT molecular complexity index is 568. The van der Waals surface area contributed by atoms with Crippen LogP contribution in [0.1, 0.15) is 26.5 Å². The number of carboxylic acid groups (broad SMARTS) is 1. The van der Waals surface area contributed by atoms with Gasteiger partial charge in [-0.1, -0.05) is 32.5 Å². The minimum atomic E-state index is -0.831. The number of thioether (sulfide) groups is 1. The molecule has 4 nitrogen and oxygen atoms in total. The molecule has 19 heavy (non-hydrogen) atoms. The lowest BCUT2D eigenvalue weighted by Crippen LogP contribution is -2.17. The third-order valence-corrected chi connectivity index (χ3v) is 4.20. The van der Waals surface area contributed by atoms with Gasteiger partial charge in [0.15, 0.2) is 5.16 Å². The van der Waals surface area contributed by atoms with Gasteiger partial charge in [-0.15, -0.1) is 0 Å². The van der Waals surface area contributed by atoms with Gasteiger partial charge in [0, 0.05) is 16.5 Å². The summed E-state index contributed by atoms with van der Waals surface area (Å²) in [7, 11) is 0. The first-order valence-electron chi connectivity index (χ1n) is 5.85. The normalized spacial score (nSPS) is 11.7. The molecule has 0 spiro atoms. The zero-order chi connectivity index (χ0) is 14.0. The molecule has 1 N–H and O–H groups in total. The standard InChI is InChI=1S/C13H16N2O2S2/c1-13(2,3)10-6-14-12(19-8-11(16)17)15(10)9-4-5-18-7-9/h4-7H,8H2,1-3H3,(H,16,17). The zero-order valence-electron chi connectivity index (χ0n) is 11.1. The molecule has 0 aliphatic rings. The smallest absolute Gasteiger partial charge is 0.313 e. The maximum Gasteiger partial charge on any atom is 0.313 e. The number of rotatable bonds is 4. The third kappa shape index (κ3) is 3.19. The zero-order valence-corrected chi connectivity index (χ0v) is 12.7. The average molecular weight is 296 g/mol. The second-order valence-electron chi connectivity index (χ2n) is 5.18. The predicted octanol–water partition coefficient (Wildman–Crippen LogP) is 3.41. The van der Waals surface area contributed by atoms with Crippen LogP contribution in [0.4, 0.5) is 0 Å². The van der Waals surface area contributed by atoms with Gasteiger partial charge in [-0.25, -0.2) is 4.98 Å². The van der Waals surface area contributed by atoms with Gasteiger partial charge >= 0.3 is 5.97 Å². The van der Waals surface area contributed by atoms with Gasteiger partial charge in [-0.05, 0) is 11.4 Å². The van der Waals surface area contributed by atoms with E-state index in [4.69, 9.17) is 5.11 Å². The molecule has 0 aliphatic carbocycles. The summed E-state index contributed by atoms with van der Waals surface area (Å²) in [6.07, 6.45) is 1.84. The highest BCUT2D eigenvalue weighted by Crippen LogP contribution is 2.31. The summed E-state index contributed by atoms with van der Waals surface area (Å²) in [5, 5.41) is 13.6. The molecule has 0 radical (unpaired) electrons. The number of carbonyl (C=O) groups is 1. The first kappa shape index (κ1) is 14.1. The van der Waals surface area contributed by atoms with E-state index < -0.39 is 5.97 Å². The van der Waals surface area contributed by atoms with Gasteiger partial charge in [0.05, 0.1) is 17.6 Å². The van der Waals surface area contributed by atoms with Crippen LogP contribution < -0.4 is 0 Å². The highest BCUT2D eigenvalue weighted by Gasteiger charge is 2.23. The quantitative estimate of drug-likeness (QED) is 0.879. The molecule has 0 atom stereocenters. The third-order valence-electron chi connectivity index (χ3n) is 2.59. The van der Waals surface area contributed by atoms with Crippen LogP contribution in [0.5, 0.6) is 0 Å². The Morgan fingerprint density at radius 2 is 2.26 bits per heavy atom. The van der Waals surface area contributed by atoms with Gasteiger partial charge < -0.3 is 5.11 Å². The molecule has 0 saturated heterocycles. The van der Waals surface area contributed by atoms with Crippen molar-refractivity contribution in [3.05, 3.63) is 28.7 Å². The fourth-order valence-electron chi connectivity index (χ4n) is 1.73. The van der Waals surface area contributed by atoms with Crippen molar-refractivity contribution in [3.8, 4) is 5.69 Å². The maximum absolute atomic E-state index is 10.7. The van der Waals surface area contributed by atoms with Crippen LogP contribution in [-0.2, 0) is 10.2 Å². The van der Waals surface area contributed by atoms with Crippen LogP contribution in [0.25, 0.3) is 5.69 Å². The minimum absolute atomic E-state index is 0.0186. The SMILES string of the molecule is CC(C)(C)c1cnc(SCC(=O)O)n1-c1ccsc1. The first-order valence-corrected chi connectivity index (χ1v) is 7.78. The molecule has 2 rings (SSSR count). The Balaban J connectivity index is 2.45. The summed E-state index contributed by atoms with van der Waals surface area (Å²) in [4.78, 5) is 15.1. The number of carboxylic acids is 1. The van der Waals surface area contributed by atoms with Crippen LogP contribution in [0, 0.1) is 0 Å². The number of hydrogen-bond donors (Lipinski definition) is 1. The summed E-state index contributed by atoms with van der Waals surface area (Å²) in [6, 6.07) is 2.02. The molecular weight excluding hydrogens is 280 g/mol. The van der Waals surface area contributed by atoms with Gasteiger partial charge in [0.25, 0.3) is 0 Å². The first-order chi connectivity index (χ1) is 8.89. The minimum Gasteiger partial charge on any atom is -0.481 e. The topological polar surface area (TPSA) is 55.1 Å². The summed E-state index contributed by atoms with van der Waals surface area (Å²) in [5.74, 6) is -0.813. The highest BCUT2D eigenvalue weighted by molar-refractivity contribution is 7.99. The van der Waals surface area contributed by atoms with E-state index in [1.807, 2.05) is 27.6 Å². The monoisotopic (exact) mass is 296 g/mol.